The Balaban J connectivity index is 1.21. The number of carbonyl (C=O) groups is 1. The lowest BCUT2D eigenvalue weighted by molar-refractivity contribution is -0.128. The van der Waals surface area contributed by atoms with E-state index >= 15 is 0 Å². The second kappa shape index (κ2) is 13.3. The number of aromatic nitrogens is 2. The summed E-state index contributed by atoms with van der Waals surface area (Å²) in [5.74, 6) is 0.960. The van der Waals surface area contributed by atoms with Gasteiger partial charge in [-0.15, -0.1) is 0 Å². The van der Waals surface area contributed by atoms with Gasteiger partial charge in [0, 0.05) is 48.8 Å². The number of morpholine rings is 1. The Bertz CT molecular complexity index is 1320. The van der Waals surface area contributed by atoms with E-state index < -0.39 is 6.23 Å². The van der Waals surface area contributed by atoms with E-state index in [1.165, 1.54) is 0 Å². The number of piperidine rings is 1. The summed E-state index contributed by atoms with van der Waals surface area (Å²) in [5.41, 5.74) is 3.92. The Morgan fingerprint density at radius 3 is 2.75 bits per heavy atom. The molecule has 2 saturated heterocycles. The number of hydrogen-bond donors (Lipinski definition) is 2. The molecule has 0 radical (unpaired) electrons. The van der Waals surface area contributed by atoms with Crippen molar-refractivity contribution in [3.63, 3.8) is 0 Å². The molecule has 10 heteroatoms. The van der Waals surface area contributed by atoms with E-state index in [-0.39, 0.29) is 6.04 Å². The lowest BCUT2D eigenvalue weighted by atomic mass is 9.99. The number of anilines is 3. The molecule has 2 aliphatic rings. The highest BCUT2D eigenvalue weighted by Crippen LogP contribution is 2.28. The Morgan fingerprint density at radius 1 is 1.15 bits per heavy atom. The average Bonchev–Trinajstić information content (AvgIpc) is 3.02. The molecule has 2 fully saturated rings. The summed E-state index contributed by atoms with van der Waals surface area (Å²) in [6.45, 7) is 4.33. The van der Waals surface area contributed by atoms with Crippen LogP contribution in [0.1, 0.15) is 31.2 Å². The van der Waals surface area contributed by atoms with Crippen molar-refractivity contribution in [3.05, 3.63) is 60.3 Å². The Labute approximate surface area is 234 Å². The monoisotopic (exact) mass is 542 g/mol. The number of aldehydes is 1. The summed E-state index contributed by atoms with van der Waals surface area (Å²) < 4.78 is 11.4. The molecule has 1 aromatic heterocycles. The number of rotatable bonds is 10. The van der Waals surface area contributed by atoms with E-state index in [2.05, 4.69) is 38.4 Å². The van der Waals surface area contributed by atoms with Crippen LogP contribution in [0.2, 0.25) is 0 Å². The molecule has 208 valence electrons. The third-order valence-corrected chi connectivity index (χ3v) is 7.39. The number of aliphatic hydroxyl groups is 1. The molecule has 2 atom stereocenters. The number of likely N-dealkylation sites (tertiary alicyclic amines) is 1. The van der Waals surface area contributed by atoms with Gasteiger partial charge in [-0.25, -0.2) is 9.97 Å². The van der Waals surface area contributed by atoms with Crippen molar-refractivity contribution < 1.29 is 19.4 Å². The van der Waals surface area contributed by atoms with Crippen LogP contribution in [0.4, 0.5) is 17.3 Å². The summed E-state index contributed by atoms with van der Waals surface area (Å²) in [6.07, 6.45) is 4.76. The van der Waals surface area contributed by atoms with Gasteiger partial charge in [0.25, 0.3) is 0 Å². The normalized spacial score (nSPS) is 18.5. The molecule has 2 N–H and O–H groups in total. The van der Waals surface area contributed by atoms with Crippen LogP contribution in [-0.2, 0) is 9.53 Å². The summed E-state index contributed by atoms with van der Waals surface area (Å²) in [5, 5.41) is 23.1. The van der Waals surface area contributed by atoms with E-state index in [0.717, 1.165) is 62.5 Å². The average molecular weight is 543 g/mol. The first-order valence-corrected chi connectivity index (χ1v) is 13.7. The van der Waals surface area contributed by atoms with Gasteiger partial charge in [-0.3, -0.25) is 9.69 Å². The lowest BCUT2D eigenvalue weighted by Gasteiger charge is -2.36. The molecule has 0 bridgehead atoms. The number of carbonyl (C=O) groups excluding carboxylic acids is 1. The highest BCUT2D eigenvalue weighted by Gasteiger charge is 2.27. The molecule has 0 amide bonds. The van der Waals surface area contributed by atoms with Crippen LogP contribution >= 0.6 is 0 Å². The number of nitrogens with zero attached hydrogens (tertiary/aromatic N) is 5. The zero-order valence-electron chi connectivity index (χ0n) is 22.4. The molecule has 0 aliphatic carbocycles. The summed E-state index contributed by atoms with van der Waals surface area (Å²) >= 11 is 0. The van der Waals surface area contributed by atoms with Gasteiger partial charge in [-0.2, -0.15) is 5.26 Å². The third kappa shape index (κ3) is 6.74. The van der Waals surface area contributed by atoms with Crippen LogP contribution in [0.25, 0.3) is 11.3 Å². The number of hydrogen-bond acceptors (Lipinski definition) is 10. The molecule has 0 spiro atoms. The number of ether oxygens (including phenoxy) is 2. The predicted octanol–water partition coefficient (Wildman–Crippen LogP) is 3.74. The largest absolute Gasteiger partial charge is 0.492 e. The molecule has 1 unspecified atom stereocenters. The predicted molar refractivity (Wildman–Crippen MR) is 151 cm³/mol. The number of nitriles is 1. The van der Waals surface area contributed by atoms with E-state index in [4.69, 9.17) is 9.47 Å². The van der Waals surface area contributed by atoms with E-state index in [9.17, 15) is 15.2 Å². The molecule has 3 heterocycles. The van der Waals surface area contributed by atoms with Crippen LogP contribution in [-0.4, -0.2) is 78.0 Å². The molecule has 40 heavy (non-hydrogen) atoms. The van der Waals surface area contributed by atoms with Gasteiger partial charge in [0.15, 0.2) is 12.5 Å². The standard InChI is InChI=1S/C30H34N6O4/c31-20-23-19-22(4-9-28(23)40-16-11-26-3-1-2-13-36(26)29(38)21-37)27-10-12-32-30(34-27)33-24-5-7-25(8-6-24)35-14-17-39-18-15-35/h4-10,12,19,21,26,29,38H,1-3,11,13-18H2,(H,32,33,34)/t26-,29?/m1/s1. The maximum absolute atomic E-state index is 11.1. The second-order valence-electron chi connectivity index (χ2n) is 9.93. The molecule has 2 aromatic carbocycles. The van der Waals surface area contributed by atoms with Gasteiger partial charge in [0.2, 0.25) is 5.95 Å². The fraction of sp³-hybridized carbons (Fsp3) is 0.400. The van der Waals surface area contributed by atoms with Crippen LogP contribution in [0.3, 0.4) is 0 Å². The molecule has 2 aliphatic heterocycles. The molecule has 0 saturated carbocycles. The molecule has 10 nitrogen and oxygen atoms in total. The quantitative estimate of drug-likeness (QED) is 0.366. The van der Waals surface area contributed by atoms with Crippen molar-refractivity contribution in [2.24, 2.45) is 0 Å². The van der Waals surface area contributed by atoms with Gasteiger partial charge < -0.3 is 24.8 Å². The van der Waals surface area contributed by atoms with Crippen molar-refractivity contribution in [2.45, 2.75) is 38.0 Å². The zero-order chi connectivity index (χ0) is 27.7. The molecule has 3 aromatic rings. The highest BCUT2D eigenvalue weighted by molar-refractivity contribution is 5.66. The Morgan fingerprint density at radius 2 is 1.98 bits per heavy atom. The van der Waals surface area contributed by atoms with E-state index in [0.29, 0.717) is 48.8 Å². The minimum Gasteiger partial charge on any atom is -0.492 e. The van der Waals surface area contributed by atoms with Crippen molar-refractivity contribution in [3.8, 4) is 23.1 Å². The van der Waals surface area contributed by atoms with E-state index in [1.54, 1.807) is 24.4 Å². The van der Waals surface area contributed by atoms with Gasteiger partial charge in [-0.1, -0.05) is 6.42 Å². The van der Waals surface area contributed by atoms with Crippen molar-refractivity contribution in [1.82, 2.24) is 14.9 Å². The summed E-state index contributed by atoms with van der Waals surface area (Å²) in [4.78, 5) is 24.2. The summed E-state index contributed by atoms with van der Waals surface area (Å²) in [7, 11) is 0. The molecular formula is C30H34N6O4. The SMILES string of the molecule is N#Cc1cc(-c2ccnc(Nc3ccc(N4CCOCC4)cc3)n2)ccc1OCC[C@H]1CCCCN1C(O)C=O. The van der Waals surface area contributed by atoms with Crippen LogP contribution in [0, 0.1) is 11.3 Å². The Hall–Kier alpha value is -4.04. The molecule has 5 rings (SSSR count). The third-order valence-electron chi connectivity index (χ3n) is 7.39. The molecular weight excluding hydrogens is 508 g/mol. The van der Waals surface area contributed by atoms with Gasteiger partial charge >= 0.3 is 0 Å². The van der Waals surface area contributed by atoms with Crippen LogP contribution in [0.5, 0.6) is 5.75 Å². The second-order valence-corrected chi connectivity index (χ2v) is 9.93. The van der Waals surface area contributed by atoms with Gasteiger partial charge in [-0.05, 0) is 67.8 Å². The number of nitrogens with one attached hydrogen (secondary N) is 1. The maximum Gasteiger partial charge on any atom is 0.227 e. The fourth-order valence-electron chi connectivity index (χ4n) is 5.25. The zero-order valence-corrected chi connectivity index (χ0v) is 22.4. The minimum atomic E-state index is -1.08. The van der Waals surface area contributed by atoms with Crippen LogP contribution < -0.4 is 15.0 Å². The van der Waals surface area contributed by atoms with Crippen molar-refractivity contribution in [1.29, 1.82) is 5.26 Å². The lowest BCUT2D eigenvalue weighted by Crippen LogP contribution is -2.47. The smallest absolute Gasteiger partial charge is 0.227 e. The Kier molecular flexibility index (Phi) is 9.18. The number of benzene rings is 2. The summed E-state index contributed by atoms with van der Waals surface area (Å²) in [6, 6.07) is 17.7. The topological polar surface area (TPSA) is 124 Å². The van der Waals surface area contributed by atoms with Gasteiger partial charge in [0.1, 0.15) is 11.8 Å². The first-order chi connectivity index (χ1) is 19.6. The highest BCUT2D eigenvalue weighted by atomic mass is 16.5. The van der Waals surface area contributed by atoms with Crippen molar-refractivity contribution in [2.75, 3.05) is 49.7 Å². The van der Waals surface area contributed by atoms with E-state index in [1.807, 2.05) is 23.1 Å². The van der Waals surface area contributed by atoms with Crippen LogP contribution in [0.15, 0.2) is 54.7 Å². The maximum atomic E-state index is 11.1. The minimum absolute atomic E-state index is 0.0706. The van der Waals surface area contributed by atoms with Gasteiger partial charge in [0.05, 0.1) is 31.1 Å². The first kappa shape index (κ1) is 27.5. The fourth-order valence-corrected chi connectivity index (χ4v) is 5.25. The number of aliphatic hydroxyl groups excluding tert-OH is 1. The first-order valence-electron chi connectivity index (χ1n) is 13.7. The van der Waals surface area contributed by atoms with Crippen molar-refractivity contribution >= 4 is 23.6 Å².